The number of ether oxygens (including phenoxy) is 1. The lowest BCUT2D eigenvalue weighted by Gasteiger charge is -2.32. The molecule has 0 saturated carbocycles. The Morgan fingerprint density at radius 2 is 1.95 bits per heavy atom. The average molecular weight is 311 g/mol. The van der Waals surface area contributed by atoms with Gasteiger partial charge in [-0.25, -0.2) is 0 Å². The number of hydrogen-bond acceptors (Lipinski definition) is 4. The normalized spacial score (nSPS) is 23.9. The van der Waals surface area contributed by atoms with Gasteiger partial charge in [-0.05, 0) is 32.1 Å². The Balaban J connectivity index is 1.96. The lowest BCUT2D eigenvalue weighted by atomic mass is 9.81. The first-order chi connectivity index (χ1) is 10.6. The summed E-state index contributed by atoms with van der Waals surface area (Å²) >= 11 is 0. The van der Waals surface area contributed by atoms with Crippen molar-refractivity contribution in [3.63, 3.8) is 0 Å². The number of carbonyl (C=O) groups is 2. The summed E-state index contributed by atoms with van der Waals surface area (Å²) in [7, 11) is 0. The Morgan fingerprint density at radius 1 is 1.32 bits per heavy atom. The molecule has 2 aliphatic heterocycles. The van der Waals surface area contributed by atoms with Crippen LogP contribution in [-0.4, -0.2) is 55.1 Å². The molecule has 0 aromatic heterocycles. The van der Waals surface area contributed by atoms with Crippen LogP contribution in [0.25, 0.3) is 0 Å². The van der Waals surface area contributed by atoms with Crippen LogP contribution in [0.3, 0.4) is 0 Å². The predicted molar refractivity (Wildman–Crippen MR) is 84.2 cm³/mol. The molecule has 0 aromatic carbocycles. The number of hydrogen-bond donors (Lipinski definition) is 2. The molecule has 0 radical (unpaired) electrons. The van der Waals surface area contributed by atoms with Crippen molar-refractivity contribution in [2.24, 2.45) is 11.1 Å². The molecule has 22 heavy (non-hydrogen) atoms. The molecule has 0 aliphatic carbocycles. The highest BCUT2D eigenvalue weighted by Crippen LogP contribution is 2.27. The summed E-state index contributed by atoms with van der Waals surface area (Å²) in [6, 6.07) is -0.126. The topological polar surface area (TPSA) is 84.7 Å². The minimum Gasteiger partial charge on any atom is -0.381 e. The molecule has 126 valence electrons. The number of rotatable bonds is 6. The van der Waals surface area contributed by atoms with Crippen LogP contribution in [0.5, 0.6) is 0 Å². The van der Waals surface area contributed by atoms with Crippen molar-refractivity contribution in [1.82, 2.24) is 10.2 Å². The fourth-order valence-corrected chi connectivity index (χ4v) is 3.46. The summed E-state index contributed by atoms with van der Waals surface area (Å²) in [6.45, 7) is 6.42. The Labute approximate surface area is 132 Å². The zero-order valence-corrected chi connectivity index (χ0v) is 13.8. The van der Waals surface area contributed by atoms with E-state index in [4.69, 9.17) is 10.5 Å². The molecule has 3 N–H and O–H groups in total. The van der Waals surface area contributed by atoms with Crippen LogP contribution in [0.4, 0.5) is 0 Å². The Morgan fingerprint density at radius 3 is 2.50 bits per heavy atom. The molecule has 0 spiro atoms. The Bertz CT molecular complexity index is 395. The molecule has 2 heterocycles. The van der Waals surface area contributed by atoms with E-state index in [2.05, 4.69) is 5.32 Å². The zero-order chi connectivity index (χ0) is 16.2. The number of amides is 2. The maximum atomic E-state index is 12.6. The molecule has 6 heteroatoms. The van der Waals surface area contributed by atoms with Crippen molar-refractivity contribution in [1.29, 1.82) is 0 Å². The van der Waals surface area contributed by atoms with E-state index < -0.39 is 5.41 Å². The van der Waals surface area contributed by atoms with E-state index in [0.29, 0.717) is 39.0 Å². The lowest BCUT2D eigenvalue weighted by molar-refractivity contribution is -0.138. The molecule has 2 aliphatic rings. The van der Waals surface area contributed by atoms with Gasteiger partial charge >= 0.3 is 0 Å². The summed E-state index contributed by atoms with van der Waals surface area (Å²) < 4.78 is 5.35. The summed E-state index contributed by atoms with van der Waals surface area (Å²) in [4.78, 5) is 27.1. The van der Waals surface area contributed by atoms with Gasteiger partial charge in [0.1, 0.15) is 6.04 Å². The number of nitrogens with two attached hydrogens (primary N) is 1. The van der Waals surface area contributed by atoms with Gasteiger partial charge in [0.05, 0.1) is 5.41 Å². The van der Waals surface area contributed by atoms with E-state index in [-0.39, 0.29) is 23.9 Å². The number of nitrogens with one attached hydrogen (secondary N) is 1. The second-order valence-electron chi connectivity index (χ2n) is 6.38. The fourth-order valence-electron chi connectivity index (χ4n) is 3.46. The molecule has 1 atom stereocenters. The SMILES string of the molecule is CCC(CC)(CN)C(=O)NC1CCN(C2CCOCC2)C1=O. The summed E-state index contributed by atoms with van der Waals surface area (Å²) in [5.74, 6) is -0.0226. The van der Waals surface area contributed by atoms with Crippen LogP contribution < -0.4 is 11.1 Å². The Kier molecular flexibility index (Phi) is 5.81. The van der Waals surface area contributed by atoms with Crippen molar-refractivity contribution >= 4 is 11.8 Å². The highest BCUT2D eigenvalue weighted by molar-refractivity contribution is 5.91. The van der Waals surface area contributed by atoms with Gasteiger partial charge in [-0.3, -0.25) is 9.59 Å². The quantitative estimate of drug-likeness (QED) is 0.754. The third kappa shape index (κ3) is 3.27. The number of carbonyl (C=O) groups excluding carboxylic acids is 2. The maximum absolute atomic E-state index is 12.6. The van der Waals surface area contributed by atoms with E-state index in [1.54, 1.807) is 0 Å². The molecule has 0 aromatic rings. The zero-order valence-electron chi connectivity index (χ0n) is 13.8. The van der Waals surface area contributed by atoms with Crippen LogP contribution in [0.1, 0.15) is 46.0 Å². The van der Waals surface area contributed by atoms with Gasteiger partial charge in [-0.2, -0.15) is 0 Å². The fraction of sp³-hybridized carbons (Fsp3) is 0.875. The lowest BCUT2D eigenvalue weighted by Crippen LogP contribution is -2.52. The average Bonchev–Trinajstić information content (AvgIpc) is 2.91. The van der Waals surface area contributed by atoms with Crippen LogP contribution >= 0.6 is 0 Å². The largest absolute Gasteiger partial charge is 0.381 e. The van der Waals surface area contributed by atoms with Crippen molar-refractivity contribution in [2.75, 3.05) is 26.3 Å². The van der Waals surface area contributed by atoms with Gasteiger partial charge < -0.3 is 20.7 Å². The third-order valence-electron chi connectivity index (χ3n) is 5.40. The van der Waals surface area contributed by atoms with E-state index in [0.717, 1.165) is 19.4 Å². The summed E-state index contributed by atoms with van der Waals surface area (Å²) in [6.07, 6.45) is 3.86. The number of nitrogens with zero attached hydrogens (tertiary/aromatic N) is 1. The van der Waals surface area contributed by atoms with Crippen molar-refractivity contribution in [2.45, 2.75) is 58.0 Å². The monoisotopic (exact) mass is 311 g/mol. The number of likely N-dealkylation sites (tertiary alicyclic amines) is 1. The van der Waals surface area contributed by atoms with E-state index in [9.17, 15) is 9.59 Å². The molecule has 1 unspecified atom stereocenters. The molecule has 2 amide bonds. The standard InChI is InChI=1S/C16H29N3O3/c1-3-16(4-2,11-17)15(21)18-13-5-8-19(14(13)20)12-6-9-22-10-7-12/h12-13H,3-11,17H2,1-2H3,(H,18,21). The van der Waals surface area contributed by atoms with Crippen LogP contribution in [0.15, 0.2) is 0 Å². The third-order valence-corrected chi connectivity index (χ3v) is 5.40. The first-order valence-corrected chi connectivity index (χ1v) is 8.47. The highest BCUT2D eigenvalue weighted by atomic mass is 16.5. The van der Waals surface area contributed by atoms with Gasteiger partial charge in [-0.15, -0.1) is 0 Å². The van der Waals surface area contributed by atoms with Crippen LogP contribution in [0, 0.1) is 5.41 Å². The second-order valence-corrected chi connectivity index (χ2v) is 6.38. The summed E-state index contributed by atoms with van der Waals surface area (Å²) in [5, 5.41) is 2.95. The van der Waals surface area contributed by atoms with E-state index >= 15 is 0 Å². The minimum absolute atomic E-state index is 0.0541. The summed E-state index contributed by atoms with van der Waals surface area (Å²) in [5.41, 5.74) is 5.26. The molecule has 2 saturated heterocycles. The molecular weight excluding hydrogens is 282 g/mol. The molecular formula is C16H29N3O3. The van der Waals surface area contributed by atoms with Crippen molar-refractivity contribution in [3.8, 4) is 0 Å². The van der Waals surface area contributed by atoms with Crippen molar-refractivity contribution in [3.05, 3.63) is 0 Å². The van der Waals surface area contributed by atoms with E-state index in [1.165, 1.54) is 0 Å². The highest BCUT2D eigenvalue weighted by Gasteiger charge is 2.40. The predicted octanol–water partition coefficient (Wildman–Crippen LogP) is 0.648. The first-order valence-electron chi connectivity index (χ1n) is 8.47. The molecule has 2 fully saturated rings. The Hall–Kier alpha value is -1.14. The van der Waals surface area contributed by atoms with Gasteiger partial charge in [-0.1, -0.05) is 13.8 Å². The van der Waals surface area contributed by atoms with Crippen LogP contribution in [0.2, 0.25) is 0 Å². The molecule has 6 nitrogen and oxygen atoms in total. The smallest absolute Gasteiger partial charge is 0.245 e. The van der Waals surface area contributed by atoms with Gasteiger partial charge in [0, 0.05) is 32.3 Å². The van der Waals surface area contributed by atoms with Gasteiger partial charge in [0.15, 0.2) is 0 Å². The van der Waals surface area contributed by atoms with Gasteiger partial charge in [0.25, 0.3) is 0 Å². The first kappa shape index (κ1) is 17.2. The molecule has 0 bridgehead atoms. The second kappa shape index (κ2) is 7.42. The molecule has 2 rings (SSSR count). The van der Waals surface area contributed by atoms with E-state index in [1.807, 2.05) is 18.7 Å². The van der Waals surface area contributed by atoms with Crippen molar-refractivity contribution < 1.29 is 14.3 Å². The van der Waals surface area contributed by atoms with Crippen LogP contribution in [-0.2, 0) is 14.3 Å². The maximum Gasteiger partial charge on any atom is 0.245 e. The minimum atomic E-state index is -0.549. The van der Waals surface area contributed by atoms with Gasteiger partial charge in [0.2, 0.25) is 11.8 Å².